The first kappa shape index (κ1) is 14.9. The summed E-state index contributed by atoms with van der Waals surface area (Å²) >= 11 is 0. The van der Waals surface area contributed by atoms with Crippen LogP contribution in [0.4, 0.5) is 0 Å². The number of rotatable bonds is 8. The zero-order valence-corrected chi connectivity index (χ0v) is 9.95. The van der Waals surface area contributed by atoms with Gasteiger partial charge in [0.2, 0.25) is 5.91 Å². The first-order valence-corrected chi connectivity index (χ1v) is 5.25. The van der Waals surface area contributed by atoms with Gasteiger partial charge in [0.15, 0.2) is 0 Å². The molecule has 0 spiro atoms. The highest BCUT2D eigenvalue weighted by atomic mass is 16.5. The van der Waals surface area contributed by atoms with Crippen LogP contribution in [0.3, 0.4) is 0 Å². The molecule has 6 nitrogen and oxygen atoms in total. The highest BCUT2D eigenvalue weighted by molar-refractivity contribution is 5.82. The number of carboxylic acid groups (broad SMARTS) is 1. The van der Waals surface area contributed by atoms with Crippen LogP contribution in [-0.4, -0.2) is 48.8 Å². The number of carbonyl (C=O) groups is 2. The van der Waals surface area contributed by atoms with Crippen molar-refractivity contribution in [1.29, 1.82) is 0 Å². The van der Waals surface area contributed by atoms with Crippen molar-refractivity contribution in [3.63, 3.8) is 0 Å². The van der Waals surface area contributed by atoms with E-state index < -0.39 is 12.0 Å². The Balaban J connectivity index is 3.69. The minimum Gasteiger partial charge on any atom is -0.480 e. The van der Waals surface area contributed by atoms with E-state index in [9.17, 15) is 9.59 Å². The molecule has 1 atom stereocenters. The van der Waals surface area contributed by atoms with Crippen LogP contribution < -0.4 is 10.6 Å². The summed E-state index contributed by atoms with van der Waals surface area (Å²) in [6, 6.07) is -0.892. The summed E-state index contributed by atoms with van der Waals surface area (Å²) in [5.41, 5.74) is 0. The normalized spacial score (nSPS) is 12.5. The Bertz CT molecular complexity index is 231. The maximum absolute atomic E-state index is 10.7. The average molecular weight is 232 g/mol. The van der Waals surface area contributed by atoms with E-state index in [1.54, 1.807) is 0 Å². The van der Waals surface area contributed by atoms with Crippen molar-refractivity contribution in [3.05, 3.63) is 0 Å². The van der Waals surface area contributed by atoms with Gasteiger partial charge in [-0.15, -0.1) is 0 Å². The van der Waals surface area contributed by atoms with Gasteiger partial charge in [-0.05, 0) is 13.8 Å². The monoisotopic (exact) mass is 232 g/mol. The highest BCUT2D eigenvalue weighted by Gasteiger charge is 2.17. The third-order valence-electron chi connectivity index (χ3n) is 1.75. The second-order valence-corrected chi connectivity index (χ2v) is 3.72. The van der Waals surface area contributed by atoms with E-state index in [4.69, 9.17) is 9.84 Å². The Labute approximate surface area is 95.4 Å². The topological polar surface area (TPSA) is 87.7 Å². The van der Waals surface area contributed by atoms with Gasteiger partial charge >= 0.3 is 5.97 Å². The van der Waals surface area contributed by atoms with Crippen LogP contribution in [0.2, 0.25) is 0 Å². The molecule has 0 aromatic carbocycles. The lowest BCUT2D eigenvalue weighted by atomic mass is 10.3. The number of amides is 1. The largest absolute Gasteiger partial charge is 0.480 e. The fraction of sp³-hybridized carbons (Fsp3) is 0.800. The Kier molecular flexibility index (Phi) is 7.49. The summed E-state index contributed by atoms with van der Waals surface area (Å²) in [5, 5.41) is 14.0. The molecule has 0 radical (unpaired) electrons. The number of nitrogens with one attached hydrogen (secondary N) is 2. The molecule has 94 valence electrons. The molecule has 0 saturated carbocycles. The predicted molar refractivity (Wildman–Crippen MR) is 59.2 cm³/mol. The number of hydrogen-bond donors (Lipinski definition) is 3. The SMILES string of the molecule is CC(=O)NC(CNCCOC(C)C)C(=O)O. The van der Waals surface area contributed by atoms with Gasteiger partial charge in [0, 0.05) is 20.0 Å². The van der Waals surface area contributed by atoms with Crippen LogP contribution in [-0.2, 0) is 14.3 Å². The molecule has 0 aliphatic carbocycles. The van der Waals surface area contributed by atoms with Crippen molar-refractivity contribution >= 4 is 11.9 Å². The summed E-state index contributed by atoms with van der Waals surface area (Å²) in [4.78, 5) is 21.4. The average Bonchev–Trinajstić information content (AvgIpc) is 2.14. The van der Waals surface area contributed by atoms with Crippen LogP contribution in [0, 0.1) is 0 Å². The number of hydrogen-bond acceptors (Lipinski definition) is 4. The molecule has 3 N–H and O–H groups in total. The predicted octanol–water partition coefficient (Wildman–Crippen LogP) is -0.410. The number of carboxylic acids is 1. The van der Waals surface area contributed by atoms with Crippen LogP contribution in [0.25, 0.3) is 0 Å². The minimum atomic E-state index is -1.05. The molecule has 0 fully saturated rings. The Hall–Kier alpha value is -1.14. The molecule has 1 unspecified atom stereocenters. The van der Waals surface area contributed by atoms with Gasteiger partial charge in [-0.1, -0.05) is 0 Å². The molecule has 0 rings (SSSR count). The van der Waals surface area contributed by atoms with Gasteiger partial charge in [-0.25, -0.2) is 4.79 Å². The lowest BCUT2D eigenvalue weighted by molar-refractivity contribution is -0.141. The standard InChI is InChI=1S/C10H20N2O4/c1-7(2)16-5-4-11-6-9(10(14)15)12-8(3)13/h7,9,11H,4-6H2,1-3H3,(H,12,13)(H,14,15). The van der Waals surface area contributed by atoms with Crippen molar-refractivity contribution in [1.82, 2.24) is 10.6 Å². The van der Waals surface area contributed by atoms with Gasteiger partial charge in [0.25, 0.3) is 0 Å². The third-order valence-corrected chi connectivity index (χ3v) is 1.75. The summed E-state index contributed by atoms with van der Waals surface area (Å²) in [5.74, 6) is -1.40. The molecular formula is C10H20N2O4. The summed E-state index contributed by atoms with van der Waals surface area (Å²) < 4.78 is 5.27. The Morgan fingerprint density at radius 3 is 2.44 bits per heavy atom. The highest BCUT2D eigenvalue weighted by Crippen LogP contribution is 1.86. The van der Waals surface area contributed by atoms with E-state index >= 15 is 0 Å². The van der Waals surface area contributed by atoms with Crippen molar-refractivity contribution in [2.45, 2.75) is 32.9 Å². The molecular weight excluding hydrogens is 212 g/mol. The van der Waals surface area contributed by atoms with Crippen molar-refractivity contribution in [2.24, 2.45) is 0 Å². The quantitative estimate of drug-likeness (QED) is 0.495. The van der Waals surface area contributed by atoms with Crippen molar-refractivity contribution in [2.75, 3.05) is 19.7 Å². The molecule has 0 aromatic heterocycles. The molecule has 0 bridgehead atoms. The van der Waals surface area contributed by atoms with Gasteiger partial charge in [0.1, 0.15) is 6.04 Å². The van der Waals surface area contributed by atoms with Gasteiger partial charge in [-0.3, -0.25) is 4.79 Å². The van der Waals surface area contributed by atoms with E-state index in [1.807, 2.05) is 13.8 Å². The zero-order valence-electron chi connectivity index (χ0n) is 9.95. The molecule has 0 heterocycles. The maximum atomic E-state index is 10.7. The number of aliphatic carboxylic acids is 1. The molecule has 0 aliphatic rings. The second-order valence-electron chi connectivity index (χ2n) is 3.72. The first-order chi connectivity index (χ1) is 7.43. The van der Waals surface area contributed by atoms with E-state index in [0.29, 0.717) is 13.2 Å². The maximum Gasteiger partial charge on any atom is 0.327 e. The summed E-state index contributed by atoms with van der Waals surface area (Å²) in [7, 11) is 0. The summed E-state index contributed by atoms with van der Waals surface area (Å²) in [6.07, 6.45) is 0.160. The molecule has 0 aliphatic heterocycles. The smallest absolute Gasteiger partial charge is 0.327 e. The van der Waals surface area contributed by atoms with Crippen LogP contribution >= 0.6 is 0 Å². The van der Waals surface area contributed by atoms with Gasteiger partial charge in [-0.2, -0.15) is 0 Å². The second kappa shape index (κ2) is 8.06. The Morgan fingerprint density at radius 2 is 2.00 bits per heavy atom. The lowest BCUT2D eigenvalue weighted by Crippen LogP contribution is -2.47. The van der Waals surface area contributed by atoms with E-state index in [-0.39, 0.29) is 18.6 Å². The third kappa shape index (κ3) is 8.19. The van der Waals surface area contributed by atoms with Gasteiger partial charge in [0.05, 0.1) is 12.7 Å². The van der Waals surface area contributed by atoms with Gasteiger partial charge < -0.3 is 20.5 Å². The zero-order chi connectivity index (χ0) is 12.6. The summed E-state index contributed by atoms with van der Waals surface area (Å²) in [6.45, 7) is 6.41. The van der Waals surface area contributed by atoms with Crippen LogP contribution in [0.1, 0.15) is 20.8 Å². The molecule has 0 aromatic rings. The van der Waals surface area contributed by atoms with E-state index in [1.165, 1.54) is 6.92 Å². The molecule has 16 heavy (non-hydrogen) atoms. The minimum absolute atomic E-state index is 0.160. The van der Waals surface area contributed by atoms with E-state index in [0.717, 1.165) is 0 Å². The molecule has 6 heteroatoms. The molecule has 1 amide bonds. The molecule has 0 saturated heterocycles. The Morgan fingerprint density at radius 1 is 1.38 bits per heavy atom. The first-order valence-electron chi connectivity index (χ1n) is 5.25. The van der Waals surface area contributed by atoms with Crippen LogP contribution in [0.5, 0.6) is 0 Å². The fourth-order valence-electron chi connectivity index (χ4n) is 1.06. The fourth-order valence-corrected chi connectivity index (χ4v) is 1.06. The lowest BCUT2D eigenvalue weighted by Gasteiger charge is -2.14. The van der Waals surface area contributed by atoms with Crippen molar-refractivity contribution < 1.29 is 19.4 Å². The van der Waals surface area contributed by atoms with Crippen LogP contribution in [0.15, 0.2) is 0 Å². The van der Waals surface area contributed by atoms with Crippen molar-refractivity contribution in [3.8, 4) is 0 Å². The number of ether oxygens (including phenoxy) is 1. The number of carbonyl (C=O) groups excluding carboxylic acids is 1. The van der Waals surface area contributed by atoms with E-state index in [2.05, 4.69) is 10.6 Å².